The third-order valence-electron chi connectivity index (χ3n) is 1.78. The van der Waals surface area contributed by atoms with E-state index in [-0.39, 0.29) is 13.0 Å². The molecule has 0 fully saturated rings. The second kappa shape index (κ2) is 5.07. The van der Waals surface area contributed by atoms with Gasteiger partial charge in [-0.15, -0.1) is 0 Å². The molecule has 0 spiro atoms. The van der Waals surface area contributed by atoms with E-state index in [1.54, 1.807) is 30.3 Å². The Labute approximate surface area is 92.9 Å². The van der Waals surface area contributed by atoms with Gasteiger partial charge in [0, 0.05) is 0 Å². The second-order valence-corrected chi connectivity index (χ2v) is 7.84. The summed E-state index contributed by atoms with van der Waals surface area (Å²) in [5.41, 5.74) is 0.831. The lowest BCUT2D eigenvalue weighted by Gasteiger charge is -2.08. The Bertz CT molecular complexity index is 483. The van der Waals surface area contributed by atoms with Crippen LogP contribution < -0.4 is 0 Å². The standard InChI is InChI=1S/C8H11O6PS/c9-15(10,16(11,12)13)14-7-6-8-4-2-1-3-5-8/h1-5H,6-7H2,(H,9,10)(H,11,12,13). The Morgan fingerprint density at radius 3 is 2.31 bits per heavy atom. The molecule has 0 aliphatic rings. The molecule has 6 nitrogen and oxygen atoms in total. The van der Waals surface area contributed by atoms with Crippen molar-refractivity contribution in [1.82, 2.24) is 0 Å². The predicted octanol–water partition coefficient (Wildman–Crippen LogP) is 1.23. The van der Waals surface area contributed by atoms with Gasteiger partial charge in [0.05, 0.1) is 6.61 Å². The van der Waals surface area contributed by atoms with E-state index in [9.17, 15) is 13.0 Å². The van der Waals surface area contributed by atoms with Crippen molar-refractivity contribution in [3.63, 3.8) is 0 Å². The first-order valence-electron chi connectivity index (χ1n) is 4.32. The summed E-state index contributed by atoms with van der Waals surface area (Å²) >= 11 is 0. The molecule has 1 atom stereocenters. The Kier molecular flexibility index (Phi) is 4.23. The molecule has 0 aromatic heterocycles. The van der Waals surface area contributed by atoms with Crippen molar-refractivity contribution >= 4 is 16.5 Å². The molecule has 90 valence electrons. The summed E-state index contributed by atoms with van der Waals surface area (Å²) in [6.07, 6.45) is 0.279. The van der Waals surface area contributed by atoms with Gasteiger partial charge >= 0.3 is 16.5 Å². The minimum absolute atomic E-state index is 0.266. The van der Waals surface area contributed by atoms with E-state index in [1.807, 2.05) is 0 Å². The highest BCUT2D eigenvalue weighted by atomic mass is 32.8. The van der Waals surface area contributed by atoms with E-state index in [2.05, 4.69) is 4.52 Å². The van der Waals surface area contributed by atoms with Crippen LogP contribution in [0.25, 0.3) is 0 Å². The van der Waals surface area contributed by atoms with Gasteiger partial charge in [-0.05, 0) is 12.0 Å². The fourth-order valence-electron chi connectivity index (χ4n) is 0.990. The van der Waals surface area contributed by atoms with Crippen LogP contribution in [0.5, 0.6) is 0 Å². The smallest absolute Gasteiger partial charge is 0.312 e. The van der Waals surface area contributed by atoms with Gasteiger partial charge in [0.1, 0.15) is 0 Å². The minimum Gasteiger partial charge on any atom is -0.312 e. The van der Waals surface area contributed by atoms with Crippen molar-refractivity contribution in [3.8, 4) is 0 Å². The molecule has 1 unspecified atom stereocenters. The average Bonchev–Trinajstić information content (AvgIpc) is 2.17. The largest absolute Gasteiger partial charge is 0.469 e. The van der Waals surface area contributed by atoms with Crippen molar-refractivity contribution in [2.45, 2.75) is 6.42 Å². The van der Waals surface area contributed by atoms with Crippen LogP contribution in [0.4, 0.5) is 0 Å². The fourth-order valence-corrected chi connectivity index (χ4v) is 2.07. The first kappa shape index (κ1) is 13.3. The maximum absolute atomic E-state index is 10.9. The van der Waals surface area contributed by atoms with Crippen molar-refractivity contribution < 1.29 is 27.0 Å². The van der Waals surface area contributed by atoms with Crippen LogP contribution >= 0.6 is 6.80 Å². The number of benzene rings is 1. The van der Waals surface area contributed by atoms with Gasteiger partial charge in [-0.3, -0.25) is 9.08 Å². The van der Waals surface area contributed by atoms with Crippen molar-refractivity contribution in [3.05, 3.63) is 35.9 Å². The molecule has 0 aliphatic heterocycles. The molecule has 0 radical (unpaired) electrons. The normalized spacial score (nSPS) is 15.6. The molecule has 0 amide bonds. The second-order valence-electron chi connectivity index (χ2n) is 2.99. The molecular weight excluding hydrogens is 255 g/mol. The van der Waals surface area contributed by atoms with Crippen molar-refractivity contribution in [2.24, 2.45) is 0 Å². The van der Waals surface area contributed by atoms with E-state index in [1.165, 1.54) is 0 Å². The van der Waals surface area contributed by atoms with Crippen molar-refractivity contribution in [1.29, 1.82) is 0 Å². The molecule has 2 N–H and O–H groups in total. The highest BCUT2D eigenvalue weighted by molar-refractivity contribution is 8.46. The van der Waals surface area contributed by atoms with E-state index in [4.69, 9.17) is 9.45 Å². The van der Waals surface area contributed by atoms with E-state index < -0.39 is 16.5 Å². The number of rotatable bonds is 5. The van der Waals surface area contributed by atoms with E-state index >= 15 is 0 Å². The molecule has 1 aromatic carbocycles. The molecule has 0 bridgehead atoms. The quantitative estimate of drug-likeness (QED) is 0.614. The van der Waals surface area contributed by atoms with Gasteiger partial charge in [-0.25, -0.2) is 4.57 Å². The zero-order valence-corrected chi connectivity index (χ0v) is 9.89. The molecular formula is C8H11O6PS. The molecule has 8 heteroatoms. The molecule has 0 saturated heterocycles. The summed E-state index contributed by atoms with van der Waals surface area (Å²) in [5, 5.41) is 0. The maximum Gasteiger partial charge on any atom is 0.469 e. The Morgan fingerprint density at radius 2 is 1.81 bits per heavy atom. The lowest BCUT2D eigenvalue weighted by molar-refractivity contribution is 0.272. The Morgan fingerprint density at radius 1 is 1.25 bits per heavy atom. The summed E-state index contributed by atoms with van der Waals surface area (Å²) in [6, 6.07) is 8.88. The van der Waals surface area contributed by atoms with Crippen LogP contribution in [-0.2, 0) is 25.2 Å². The summed E-state index contributed by atoms with van der Waals surface area (Å²) in [6.45, 7) is -5.25. The molecule has 0 saturated carbocycles. The third kappa shape index (κ3) is 3.70. The van der Waals surface area contributed by atoms with Gasteiger partial charge in [-0.1, -0.05) is 30.3 Å². The monoisotopic (exact) mass is 266 g/mol. The average molecular weight is 266 g/mol. The summed E-state index contributed by atoms with van der Waals surface area (Å²) < 4.78 is 44.4. The van der Waals surface area contributed by atoms with Gasteiger partial charge in [0.2, 0.25) is 0 Å². The Balaban J connectivity index is 2.52. The first-order valence-corrected chi connectivity index (χ1v) is 7.94. The fraction of sp³-hybridized carbons (Fsp3) is 0.250. The summed E-state index contributed by atoms with van der Waals surface area (Å²) in [7, 11) is -5.07. The SMILES string of the molecule is O=P(O)(OCCc1ccccc1)S(=O)(=O)O. The molecule has 1 rings (SSSR count). The summed E-state index contributed by atoms with van der Waals surface area (Å²) in [4.78, 5) is 8.82. The molecule has 0 aliphatic carbocycles. The highest BCUT2D eigenvalue weighted by Gasteiger charge is 2.35. The lowest BCUT2D eigenvalue weighted by Crippen LogP contribution is -2.05. The van der Waals surface area contributed by atoms with Gasteiger partial charge in [-0.2, -0.15) is 8.42 Å². The van der Waals surface area contributed by atoms with Gasteiger partial charge in [0.15, 0.2) is 0 Å². The van der Waals surface area contributed by atoms with Crippen LogP contribution in [0.2, 0.25) is 0 Å². The van der Waals surface area contributed by atoms with Crippen LogP contribution in [-0.4, -0.2) is 24.5 Å². The van der Waals surface area contributed by atoms with Crippen LogP contribution in [0.3, 0.4) is 0 Å². The number of hydrogen-bond donors (Lipinski definition) is 2. The van der Waals surface area contributed by atoms with Crippen LogP contribution in [0, 0.1) is 0 Å². The zero-order valence-electron chi connectivity index (χ0n) is 8.18. The van der Waals surface area contributed by atoms with E-state index in [0.717, 1.165) is 5.56 Å². The van der Waals surface area contributed by atoms with Gasteiger partial charge in [0.25, 0.3) is 0 Å². The zero-order chi connectivity index (χ0) is 12.2. The van der Waals surface area contributed by atoms with Crippen LogP contribution in [0.1, 0.15) is 5.56 Å². The topological polar surface area (TPSA) is 101 Å². The third-order valence-corrected chi connectivity index (χ3v) is 4.94. The molecule has 16 heavy (non-hydrogen) atoms. The summed E-state index contributed by atoms with van der Waals surface area (Å²) in [5.74, 6) is 0. The highest BCUT2D eigenvalue weighted by Crippen LogP contribution is 2.47. The van der Waals surface area contributed by atoms with Crippen molar-refractivity contribution in [2.75, 3.05) is 6.61 Å². The molecule has 0 heterocycles. The van der Waals surface area contributed by atoms with E-state index in [0.29, 0.717) is 0 Å². The van der Waals surface area contributed by atoms with Gasteiger partial charge < -0.3 is 4.89 Å². The van der Waals surface area contributed by atoms with Crippen LogP contribution in [0.15, 0.2) is 30.3 Å². The first-order chi connectivity index (χ1) is 7.33. The predicted molar refractivity (Wildman–Crippen MR) is 57.5 cm³/mol. The lowest BCUT2D eigenvalue weighted by atomic mass is 10.2. The molecule has 1 aromatic rings. The minimum atomic E-state index is -5.07. The Hall–Kier alpha value is -0.720. The maximum atomic E-state index is 10.9. The number of hydrogen-bond acceptors (Lipinski definition) is 4.